The molecule has 0 saturated heterocycles. The summed E-state index contributed by atoms with van der Waals surface area (Å²) in [4.78, 5) is 2.34. The number of aliphatic hydroxyl groups is 1. The summed E-state index contributed by atoms with van der Waals surface area (Å²) in [7, 11) is 2.15. The van der Waals surface area contributed by atoms with Crippen molar-refractivity contribution in [3.8, 4) is 0 Å². The van der Waals surface area contributed by atoms with Crippen LogP contribution >= 0.6 is 0 Å². The van der Waals surface area contributed by atoms with Crippen LogP contribution in [0.1, 0.15) is 51.2 Å². The first-order valence-electron chi connectivity index (χ1n) is 8.21. The van der Waals surface area contributed by atoms with E-state index in [4.69, 9.17) is 0 Å². The van der Waals surface area contributed by atoms with Crippen LogP contribution in [0.3, 0.4) is 0 Å². The molecule has 1 saturated carbocycles. The van der Waals surface area contributed by atoms with Crippen molar-refractivity contribution >= 4 is 0 Å². The van der Waals surface area contributed by atoms with Gasteiger partial charge in [0.25, 0.3) is 0 Å². The molecule has 1 aromatic rings. The molecular weight excluding hydrogens is 258 g/mol. The Morgan fingerprint density at radius 2 is 1.95 bits per heavy atom. The van der Waals surface area contributed by atoms with Gasteiger partial charge in [0.1, 0.15) is 0 Å². The van der Waals surface area contributed by atoms with Gasteiger partial charge in [-0.05, 0) is 50.1 Å². The minimum Gasteiger partial charge on any atom is -0.391 e. The van der Waals surface area contributed by atoms with Crippen molar-refractivity contribution in [1.82, 2.24) is 4.90 Å². The molecule has 1 N–H and O–H groups in total. The van der Waals surface area contributed by atoms with E-state index in [-0.39, 0.29) is 12.1 Å². The highest BCUT2D eigenvalue weighted by Crippen LogP contribution is 2.39. The first kappa shape index (κ1) is 16.5. The lowest BCUT2D eigenvalue weighted by atomic mass is 9.70. The summed E-state index contributed by atoms with van der Waals surface area (Å²) in [6, 6.07) is 8.96. The molecule has 0 amide bonds. The number of benzene rings is 1. The smallest absolute Gasteiger partial charge is 0.0695 e. The molecule has 118 valence electrons. The first-order valence-corrected chi connectivity index (χ1v) is 8.21. The van der Waals surface area contributed by atoms with Crippen LogP contribution in [0.5, 0.6) is 0 Å². The number of likely N-dealkylation sites (N-methyl/N-ethyl adjacent to an activating group) is 1. The van der Waals surface area contributed by atoms with Gasteiger partial charge < -0.3 is 5.11 Å². The second-order valence-electron chi connectivity index (χ2n) is 7.91. The Morgan fingerprint density at radius 1 is 1.24 bits per heavy atom. The highest BCUT2D eigenvalue weighted by atomic mass is 16.3. The Bertz CT molecular complexity index is 463. The Labute approximate surface area is 130 Å². The fourth-order valence-electron chi connectivity index (χ4n) is 3.61. The van der Waals surface area contributed by atoms with Crippen molar-refractivity contribution in [2.75, 3.05) is 7.05 Å². The Kier molecular flexibility index (Phi) is 5.11. The van der Waals surface area contributed by atoms with Gasteiger partial charge >= 0.3 is 0 Å². The zero-order valence-corrected chi connectivity index (χ0v) is 14.3. The molecule has 0 aromatic heterocycles. The number of aryl methyl sites for hydroxylation is 1. The van der Waals surface area contributed by atoms with Crippen molar-refractivity contribution < 1.29 is 5.11 Å². The number of rotatable bonds is 3. The van der Waals surface area contributed by atoms with Gasteiger partial charge in [0.05, 0.1) is 6.10 Å². The number of hydrogen-bond donors (Lipinski definition) is 1. The molecule has 3 unspecified atom stereocenters. The molecule has 2 nitrogen and oxygen atoms in total. The number of nitrogens with zero attached hydrogens (tertiary/aromatic N) is 1. The monoisotopic (exact) mass is 289 g/mol. The van der Waals surface area contributed by atoms with Gasteiger partial charge in [-0.25, -0.2) is 0 Å². The maximum absolute atomic E-state index is 10.4. The predicted octanol–water partition coefficient (Wildman–Crippen LogP) is 4.00. The minimum atomic E-state index is -0.182. The molecule has 1 aliphatic carbocycles. The van der Waals surface area contributed by atoms with Crippen molar-refractivity contribution in [2.45, 2.75) is 65.6 Å². The van der Waals surface area contributed by atoms with E-state index >= 15 is 0 Å². The van der Waals surface area contributed by atoms with Crippen molar-refractivity contribution in [1.29, 1.82) is 0 Å². The van der Waals surface area contributed by atoms with Crippen LogP contribution in [0.4, 0.5) is 0 Å². The fourth-order valence-corrected chi connectivity index (χ4v) is 3.61. The summed E-state index contributed by atoms with van der Waals surface area (Å²) in [6.07, 6.45) is 3.01. The van der Waals surface area contributed by atoms with E-state index in [0.29, 0.717) is 11.3 Å². The van der Waals surface area contributed by atoms with Gasteiger partial charge in [0, 0.05) is 12.6 Å². The van der Waals surface area contributed by atoms with Gasteiger partial charge in [0.15, 0.2) is 0 Å². The molecule has 2 heteroatoms. The van der Waals surface area contributed by atoms with Crippen LogP contribution in [0.2, 0.25) is 0 Å². The molecule has 0 aliphatic heterocycles. The molecule has 0 heterocycles. The zero-order valence-electron chi connectivity index (χ0n) is 14.3. The summed E-state index contributed by atoms with van der Waals surface area (Å²) >= 11 is 0. The van der Waals surface area contributed by atoms with E-state index in [1.54, 1.807) is 0 Å². The lowest BCUT2D eigenvalue weighted by Crippen LogP contribution is -2.47. The van der Waals surface area contributed by atoms with Crippen LogP contribution in [-0.2, 0) is 6.54 Å². The Morgan fingerprint density at radius 3 is 2.57 bits per heavy atom. The quantitative estimate of drug-likeness (QED) is 0.909. The van der Waals surface area contributed by atoms with Crippen molar-refractivity contribution in [3.63, 3.8) is 0 Å². The van der Waals surface area contributed by atoms with Gasteiger partial charge in [-0.3, -0.25) is 4.90 Å². The second kappa shape index (κ2) is 6.50. The standard InChI is InChI=1S/C19H31NO/c1-14-7-6-8-15(11-14)13-20(5)17-12-16(19(2,3)4)9-10-18(17)21/h6-8,11,16-18,21H,9-10,12-13H2,1-5H3. The van der Waals surface area contributed by atoms with E-state index in [0.717, 1.165) is 25.8 Å². The Balaban J connectivity index is 2.04. The molecule has 2 rings (SSSR count). The predicted molar refractivity (Wildman–Crippen MR) is 89.2 cm³/mol. The average molecular weight is 289 g/mol. The third-order valence-electron chi connectivity index (χ3n) is 5.09. The molecule has 1 aliphatic rings. The number of aliphatic hydroxyl groups excluding tert-OH is 1. The van der Waals surface area contributed by atoms with E-state index in [1.807, 2.05) is 0 Å². The van der Waals surface area contributed by atoms with Gasteiger partial charge in [0.2, 0.25) is 0 Å². The SMILES string of the molecule is Cc1cccc(CN(C)C2CC(C(C)(C)C)CCC2O)c1. The molecule has 0 radical (unpaired) electrons. The highest BCUT2D eigenvalue weighted by molar-refractivity contribution is 5.22. The summed E-state index contributed by atoms with van der Waals surface area (Å²) in [5, 5.41) is 10.4. The summed E-state index contributed by atoms with van der Waals surface area (Å²) < 4.78 is 0. The fraction of sp³-hybridized carbons (Fsp3) is 0.684. The molecule has 3 atom stereocenters. The topological polar surface area (TPSA) is 23.5 Å². The minimum absolute atomic E-state index is 0.182. The third-order valence-corrected chi connectivity index (χ3v) is 5.09. The first-order chi connectivity index (χ1) is 9.77. The van der Waals surface area contributed by atoms with E-state index in [2.05, 4.69) is 63.9 Å². The molecule has 21 heavy (non-hydrogen) atoms. The summed E-state index contributed by atoms with van der Waals surface area (Å²) in [5.74, 6) is 0.700. The molecule has 1 aromatic carbocycles. The molecular formula is C19H31NO. The maximum atomic E-state index is 10.4. The lowest BCUT2D eigenvalue weighted by molar-refractivity contribution is -0.0103. The largest absolute Gasteiger partial charge is 0.391 e. The Hall–Kier alpha value is -0.860. The van der Waals surface area contributed by atoms with E-state index < -0.39 is 0 Å². The highest BCUT2D eigenvalue weighted by Gasteiger charge is 2.36. The van der Waals surface area contributed by atoms with Crippen LogP contribution in [-0.4, -0.2) is 29.2 Å². The number of hydrogen-bond acceptors (Lipinski definition) is 2. The van der Waals surface area contributed by atoms with Gasteiger partial charge in [-0.2, -0.15) is 0 Å². The van der Waals surface area contributed by atoms with Crippen LogP contribution in [0.25, 0.3) is 0 Å². The normalized spacial score (nSPS) is 27.1. The summed E-state index contributed by atoms with van der Waals surface area (Å²) in [5.41, 5.74) is 2.97. The van der Waals surface area contributed by atoms with Gasteiger partial charge in [-0.15, -0.1) is 0 Å². The molecule has 0 spiro atoms. The molecule has 1 fully saturated rings. The van der Waals surface area contributed by atoms with Crippen LogP contribution < -0.4 is 0 Å². The van der Waals surface area contributed by atoms with Crippen molar-refractivity contribution in [3.05, 3.63) is 35.4 Å². The summed E-state index contributed by atoms with van der Waals surface area (Å²) in [6.45, 7) is 10.0. The van der Waals surface area contributed by atoms with E-state index in [1.165, 1.54) is 11.1 Å². The maximum Gasteiger partial charge on any atom is 0.0695 e. The average Bonchev–Trinajstić information content (AvgIpc) is 2.37. The third kappa shape index (κ3) is 4.31. The zero-order chi connectivity index (χ0) is 15.6. The van der Waals surface area contributed by atoms with Gasteiger partial charge in [-0.1, -0.05) is 50.6 Å². The lowest BCUT2D eigenvalue weighted by Gasteiger charge is -2.43. The van der Waals surface area contributed by atoms with Crippen LogP contribution in [0.15, 0.2) is 24.3 Å². The van der Waals surface area contributed by atoms with Crippen molar-refractivity contribution in [2.24, 2.45) is 11.3 Å². The molecule has 0 bridgehead atoms. The second-order valence-corrected chi connectivity index (χ2v) is 7.91. The van der Waals surface area contributed by atoms with Crippen LogP contribution in [0, 0.1) is 18.3 Å². The van der Waals surface area contributed by atoms with E-state index in [9.17, 15) is 5.11 Å².